The molecule has 8 nitrogen and oxygen atoms in total. The van der Waals surface area contributed by atoms with Gasteiger partial charge in [-0.1, -0.05) is 6.07 Å². The molecule has 0 atom stereocenters. The molecule has 0 saturated heterocycles. The second-order valence-corrected chi connectivity index (χ2v) is 6.84. The number of benzene rings is 1. The Bertz CT molecular complexity index is 1290. The van der Waals surface area contributed by atoms with Crippen molar-refractivity contribution < 1.29 is 9.21 Å². The summed E-state index contributed by atoms with van der Waals surface area (Å²) in [6, 6.07) is 12.2. The van der Waals surface area contributed by atoms with Gasteiger partial charge in [0.2, 0.25) is 0 Å². The molecule has 1 aromatic carbocycles. The van der Waals surface area contributed by atoms with Crippen LogP contribution in [0.15, 0.2) is 75.1 Å². The number of amides is 1. The fourth-order valence-electron chi connectivity index (χ4n) is 3.41. The molecule has 0 aliphatic heterocycles. The Labute approximate surface area is 171 Å². The molecule has 0 spiro atoms. The number of rotatable bonds is 6. The Morgan fingerprint density at radius 2 is 2.03 bits per heavy atom. The zero-order valence-corrected chi connectivity index (χ0v) is 16.4. The van der Waals surface area contributed by atoms with Crippen LogP contribution in [-0.4, -0.2) is 25.3 Å². The first-order valence-electron chi connectivity index (χ1n) is 9.54. The average molecular weight is 404 g/mol. The van der Waals surface area contributed by atoms with Crippen LogP contribution in [0.3, 0.4) is 0 Å². The summed E-state index contributed by atoms with van der Waals surface area (Å²) < 4.78 is 6.81. The van der Waals surface area contributed by atoms with E-state index in [1.54, 1.807) is 60.8 Å². The Morgan fingerprint density at radius 3 is 2.73 bits per heavy atom. The number of carbonyl (C=O) groups is 1. The molecule has 1 N–H and O–H groups in total. The molecule has 8 heteroatoms. The van der Waals surface area contributed by atoms with Gasteiger partial charge in [0.25, 0.3) is 5.91 Å². The highest BCUT2D eigenvalue weighted by atomic mass is 16.3. The second-order valence-electron chi connectivity index (χ2n) is 6.84. The lowest BCUT2D eigenvalue weighted by atomic mass is 10.1. The summed E-state index contributed by atoms with van der Waals surface area (Å²) in [7, 11) is 0. The maximum Gasteiger partial charge on any atom is 0.316 e. The summed E-state index contributed by atoms with van der Waals surface area (Å²) in [5.74, 6) is 0.425. The lowest BCUT2D eigenvalue weighted by Gasteiger charge is -2.22. The van der Waals surface area contributed by atoms with Gasteiger partial charge in [0.1, 0.15) is 5.76 Å². The first kappa shape index (κ1) is 19.4. The van der Waals surface area contributed by atoms with Crippen molar-refractivity contribution in [3.05, 3.63) is 98.7 Å². The summed E-state index contributed by atoms with van der Waals surface area (Å²) in [4.78, 5) is 45.7. The molecule has 0 aliphatic rings. The highest BCUT2D eigenvalue weighted by Crippen LogP contribution is 2.17. The van der Waals surface area contributed by atoms with E-state index in [9.17, 15) is 14.4 Å². The van der Waals surface area contributed by atoms with Crippen LogP contribution < -0.4 is 11.1 Å². The number of aryl methyl sites for hydroxylation is 1. The monoisotopic (exact) mass is 404 g/mol. The maximum absolute atomic E-state index is 13.3. The summed E-state index contributed by atoms with van der Waals surface area (Å²) in [5, 5.41) is 0. The predicted octanol–water partition coefficient (Wildman–Crippen LogP) is 2.54. The average Bonchev–Trinajstić information content (AvgIpc) is 3.27. The Morgan fingerprint density at radius 1 is 1.17 bits per heavy atom. The number of furan rings is 1. The second kappa shape index (κ2) is 8.20. The molecular weight excluding hydrogens is 384 g/mol. The lowest BCUT2D eigenvalue weighted by Crippen LogP contribution is -2.36. The van der Waals surface area contributed by atoms with Gasteiger partial charge < -0.3 is 18.9 Å². The minimum absolute atomic E-state index is 0.229. The van der Waals surface area contributed by atoms with Gasteiger partial charge in [0.15, 0.2) is 0 Å². The molecule has 0 unspecified atom stereocenters. The molecule has 1 amide bonds. The minimum atomic E-state index is -0.711. The minimum Gasteiger partial charge on any atom is -0.467 e. The third kappa shape index (κ3) is 3.80. The molecule has 0 saturated carbocycles. The van der Waals surface area contributed by atoms with Crippen molar-refractivity contribution in [2.45, 2.75) is 26.6 Å². The van der Waals surface area contributed by atoms with Crippen molar-refractivity contribution in [1.82, 2.24) is 19.4 Å². The quantitative estimate of drug-likeness (QED) is 0.498. The van der Waals surface area contributed by atoms with Crippen molar-refractivity contribution in [2.24, 2.45) is 0 Å². The van der Waals surface area contributed by atoms with Crippen LogP contribution in [-0.2, 0) is 19.6 Å². The van der Waals surface area contributed by atoms with E-state index in [4.69, 9.17) is 4.42 Å². The molecule has 4 aromatic rings. The van der Waals surface area contributed by atoms with E-state index in [1.165, 1.54) is 4.57 Å². The summed E-state index contributed by atoms with van der Waals surface area (Å²) in [5.41, 5.74) is 0.966. The maximum atomic E-state index is 13.3. The van der Waals surface area contributed by atoms with Gasteiger partial charge >= 0.3 is 11.1 Å². The van der Waals surface area contributed by atoms with E-state index in [2.05, 4.69) is 9.97 Å². The molecule has 0 aliphatic carbocycles. The van der Waals surface area contributed by atoms with Gasteiger partial charge in [-0.15, -0.1) is 0 Å². The summed E-state index contributed by atoms with van der Waals surface area (Å²) >= 11 is 0. The van der Waals surface area contributed by atoms with E-state index in [0.29, 0.717) is 35.4 Å². The summed E-state index contributed by atoms with van der Waals surface area (Å²) in [6.07, 6.45) is 4.95. The molecule has 0 fully saturated rings. The van der Waals surface area contributed by atoms with Crippen LogP contribution in [0, 0.1) is 0 Å². The van der Waals surface area contributed by atoms with Crippen LogP contribution in [0.1, 0.15) is 28.6 Å². The zero-order valence-electron chi connectivity index (χ0n) is 16.4. The smallest absolute Gasteiger partial charge is 0.316 e. The van der Waals surface area contributed by atoms with Crippen molar-refractivity contribution in [3.63, 3.8) is 0 Å². The molecule has 4 rings (SSSR count). The number of aromatic amines is 1. The van der Waals surface area contributed by atoms with Crippen molar-refractivity contribution in [2.75, 3.05) is 0 Å². The fraction of sp³-hybridized carbons (Fsp3) is 0.182. The van der Waals surface area contributed by atoms with E-state index in [0.717, 1.165) is 5.56 Å². The lowest BCUT2D eigenvalue weighted by molar-refractivity contribution is 0.0717. The van der Waals surface area contributed by atoms with Crippen LogP contribution in [0.2, 0.25) is 0 Å². The first-order chi connectivity index (χ1) is 14.6. The van der Waals surface area contributed by atoms with Gasteiger partial charge in [-0.25, -0.2) is 0 Å². The van der Waals surface area contributed by atoms with E-state index >= 15 is 0 Å². The van der Waals surface area contributed by atoms with Gasteiger partial charge in [-0.05, 0) is 48.9 Å². The van der Waals surface area contributed by atoms with Crippen molar-refractivity contribution >= 4 is 16.9 Å². The third-order valence-corrected chi connectivity index (χ3v) is 4.85. The number of H-pyrrole nitrogens is 1. The van der Waals surface area contributed by atoms with Crippen LogP contribution in [0.5, 0.6) is 0 Å². The van der Waals surface area contributed by atoms with E-state index in [1.807, 2.05) is 12.1 Å². The zero-order chi connectivity index (χ0) is 21.1. The molecule has 0 radical (unpaired) electrons. The third-order valence-electron chi connectivity index (χ3n) is 4.85. The number of fused-ring (bicyclic) bond motifs is 1. The van der Waals surface area contributed by atoms with Gasteiger partial charge in [0.05, 0.1) is 23.8 Å². The Hall–Kier alpha value is -3.94. The Balaban J connectivity index is 1.73. The van der Waals surface area contributed by atoms with Crippen molar-refractivity contribution in [1.29, 1.82) is 0 Å². The first-order valence-corrected chi connectivity index (χ1v) is 9.54. The standard InChI is InChI=1S/C22H20N4O4/c1-2-26-19-8-7-16(11-18(19)24-20(27)22(26)29)21(28)25(14-17-6-4-10-30-17)13-15-5-3-9-23-12-15/h3-12H,2,13-14H2,1H3,(H,24,27). The van der Waals surface area contributed by atoms with Crippen LogP contribution in [0.25, 0.3) is 11.0 Å². The molecule has 30 heavy (non-hydrogen) atoms. The molecular formula is C22H20N4O4. The topological polar surface area (TPSA) is 101 Å². The highest BCUT2D eigenvalue weighted by Gasteiger charge is 2.19. The predicted molar refractivity (Wildman–Crippen MR) is 111 cm³/mol. The molecule has 3 heterocycles. The molecule has 152 valence electrons. The number of hydrogen-bond acceptors (Lipinski definition) is 5. The highest BCUT2D eigenvalue weighted by molar-refractivity contribution is 5.97. The van der Waals surface area contributed by atoms with E-state index < -0.39 is 11.1 Å². The van der Waals surface area contributed by atoms with Crippen molar-refractivity contribution in [3.8, 4) is 0 Å². The van der Waals surface area contributed by atoms with Gasteiger partial charge in [-0.2, -0.15) is 0 Å². The number of nitrogens with one attached hydrogen (secondary N) is 1. The van der Waals surface area contributed by atoms with Gasteiger partial charge in [-0.3, -0.25) is 19.4 Å². The fourth-order valence-corrected chi connectivity index (χ4v) is 3.41. The molecule has 0 bridgehead atoms. The van der Waals surface area contributed by atoms with Gasteiger partial charge in [0, 0.05) is 31.0 Å². The van der Waals surface area contributed by atoms with Crippen LogP contribution in [0.4, 0.5) is 0 Å². The summed E-state index contributed by atoms with van der Waals surface area (Å²) in [6.45, 7) is 2.77. The number of pyridine rings is 1. The normalized spacial score (nSPS) is 11.0. The number of carbonyl (C=O) groups excluding carboxylic acids is 1. The Kier molecular flexibility index (Phi) is 5.30. The number of aromatic nitrogens is 3. The molecule has 3 aromatic heterocycles. The van der Waals surface area contributed by atoms with E-state index in [-0.39, 0.29) is 12.5 Å². The van der Waals surface area contributed by atoms with Crippen LogP contribution >= 0.6 is 0 Å². The number of nitrogens with zero attached hydrogens (tertiary/aromatic N) is 3. The SMILES string of the molecule is CCn1c(=O)c(=O)[nH]c2cc(C(=O)N(Cc3cccnc3)Cc3ccco3)ccc21. The number of hydrogen-bond donors (Lipinski definition) is 1. The largest absolute Gasteiger partial charge is 0.467 e.